The fraction of sp³-hybridized carbons (Fsp3) is 0.762. The van der Waals surface area contributed by atoms with Crippen LogP contribution in [0.25, 0.3) is 0 Å². The van der Waals surface area contributed by atoms with Crippen molar-refractivity contribution in [1.29, 1.82) is 0 Å². The Bertz CT molecular complexity index is 366. The van der Waals surface area contributed by atoms with Crippen molar-refractivity contribution in [3.8, 4) is 0 Å². The van der Waals surface area contributed by atoms with Crippen molar-refractivity contribution in [1.82, 2.24) is 5.32 Å². The topological polar surface area (TPSA) is 69.6 Å². The van der Waals surface area contributed by atoms with Crippen LogP contribution in [0.15, 0.2) is 24.3 Å². The highest BCUT2D eigenvalue weighted by atomic mass is 16.3. The van der Waals surface area contributed by atoms with E-state index in [1.165, 1.54) is 25.7 Å². The third-order valence-corrected chi connectivity index (χ3v) is 4.19. The van der Waals surface area contributed by atoms with E-state index in [2.05, 4.69) is 31.3 Å². The largest absolute Gasteiger partial charge is 0.394 e. The van der Waals surface area contributed by atoms with E-state index >= 15 is 0 Å². The molecule has 0 aromatic heterocycles. The van der Waals surface area contributed by atoms with E-state index in [4.69, 9.17) is 0 Å². The van der Waals surface area contributed by atoms with Crippen LogP contribution in [0.4, 0.5) is 0 Å². The first-order valence-corrected chi connectivity index (χ1v) is 10.1. The first-order valence-electron chi connectivity index (χ1n) is 10.1. The second-order valence-corrected chi connectivity index (χ2v) is 6.63. The lowest BCUT2D eigenvalue weighted by Crippen LogP contribution is -2.45. The van der Waals surface area contributed by atoms with Crippen LogP contribution >= 0.6 is 0 Å². The highest BCUT2D eigenvalue weighted by molar-refractivity contribution is 5.76. The number of hydrogen-bond acceptors (Lipinski definition) is 3. The predicted molar refractivity (Wildman–Crippen MR) is 105 cm³/mol. The number of amides is 1. The highest BCUT2D eigenvalue weighted by Gasteiger charge is 2.17. The summed E-state index contributed by atoms with van der Waals surface area (Å²) in [5.74, 6) is -0.0955. The minimum Gasteiger partial charge on any atom is -0.394 e. The van der Waals surface area contributed by atoms with Gasteiger partial charge in [0.25, 0.3) is 0 Å². The summed E-state index contributed by atoms with van der Waals surface area (Å²) >= 11 is 0. The minimum absolute atomic E-state index is 0.0955. The summed E-state index contributed by atoms with van der Waals surface area (Å²) in [7, 11) is 0. The number of aliphatic hydroxyl groups excluding tert-OH is 2. The summed E-state index contributed by atoms with van der Waals surface area (Å²) in [6.07, 6.45) is 18.4. The molecular formula is C21H39NO3. The predicted octanol–water partition coefficient (Wildman–Crippen LogP) is 4.27. The molecule has 0 aliphatic carbocycles. The molecule has 4 heteroatoms. The summed E-state index contributed by atoms with van der Waals surface area (Å²) in [5, 5.41) is 22.2. The highest BCUT2D eigenvalue weighted by Crippen LogP contribution is 2.06. The van der Waals surface area contributed by atoms with E-state index in [0.717, 1.165) is 38.5 Å². The number of aliphatic hydroxyl groups is 2. The molecule has 0 rings (SSSR count). The molecule has 0 aromatic carbocycles. The maximum Gasteiger partial charge on any atom is 0.220 e. The lowest BCUT2D eigenvalue weighted by Gasteiger charge is -2.19. The van der Waals surface area contributed by atoms with Crippen molar-refractivity contribution in [3.63, 3.8) is 0 Å². The minimum atomic E-state index is -0.849. The van der Waals surface area contributed by atoms with Gasteiger partial charge in [-0.1, -0.05) is 76.7 Å². The third-order valence-electron chi connectivity index (χ3n) is 4.19. The molecule has 0 spiro atoms. The molecular weight excluding hydrogens is 314 g/mol. The maximum atomic E-state index is 11.9. The maximum absolute atomic E-state index is 11.9. The van der Waals surface area contributed by atoms with Gasteiger partial charge in [-0.05, 0) is 25.7 Å². The Hall–Kier alpha value is -1.13. The van der Waals surface area contributed by atoms with E-state index in [1.807, 2.05) is 6.08 Å². The molecule has 0 heterocycles. The number of carbonyl (C=O) groups is 1. The molecule has 0 bridgehead atoms. The van der Waals surface area contributed by atoms with Gasteiger partial charge < -0.3 is 15.5 Å². The Labute approximate surface area is 154 Å². The van der Waals surface area contributed by atoms with Crippen LogP contribution in [0.5, 0.6) is 0 Å². The molecule has 25 heavy (non-hydrogen) atoms. The van der Waals surface area contributed by atoms with Gasteiger partial charge in [-0.15, -0.1) is 0 Å². The van der Waals surface area contributed by atoms with Crippen LogP contribution in [0, 0.1) is 0 Å². The molecule has 2 atom stereocenters. The van der Waals surface area contributed by atoms with Crippen LogP contribution in [-0.2, 0) is 4.79 Å². The zero-order chi connectivity index (χ0) is 18.8. The number of rotatable bonds is 16. The first-order chi connectivity index (χ1) is 12.2. The van der Waals surface area contributed by atoms with Crippen LogP contribution in [0.3, 0.4) is 0 Å². The molecule has 0 aliphatic rings. The van der Waals surface area contributed by atoms with Gasteiger partial charge in [-0.2, -0.15) is 0 Å². The van der Waals surface area contributed by atoms with Gasteiger partial charge in [0.15, 0.2) is 0 Å². The molecule has 146 valence electrons. The molecule has 4 nitrogen and oxygen atoms in total. The van der Waals surface area contributed by atoms with Crippen LogP contribution < -0.4 is 5.32 Å². The van der Waals surface area contributed by atoms with Crippen molar-refractivity contribution >= 4 is 5.91 Å². The lowest BCUT2D eigenvalue weighted by molar-refractivity contribution is -0.123. The number of nitrogens with one attached hydrogen (secondary N) is 1. The third kappa shape index (κ3) is 14.9. The van der Waals surface area contributed by atoms with Crippen LogP contribution in [-0.4, -0.2) is 34.9 Å². The van der Waals surface area contributed by atoms with Crippen molar-refractivity contribution in [2.75, 3.05) is 6.61 Å². The number of hydrogen-bond donors (Lipinski definition) is 3. The molecule has 0 saturated carbocycles. The Morgan fingerprint density at radius 3 is 2.24 bits per heavy atom. The van der Waals surface area contributed by atoms with Gasteiger partial charge in [0.05, 0.1) is 18.8 Å². The van der Waals surface area contributed by atoms with Crippen LogP contribution in [0.2, 0.25) is 0 Å². The Morgan fingerprint density at radius 1 is 0.920 bits per heavy atom. The standard InChI is InChI=1S/C21H39NO3/c1-3-5-7-9-10-11-13-14-16-20(24)19(18-23)22-21(25)17-15-12-8-6-4-2/h9-10,14,16,19-20,23-24H,3-8,11-13,15,17-18H2,1-2H3,(H,22,25)/b10-9+,16-14+. The van der Waals surface area contributed by atoms with Crippen molar-refractivity contribution in [2.24, 2.45) is 0 Å². The Kier molecular flexibility index (Phi) is 16.9. The van der Waals surface area contributed by atoms with Gasteiger partial charge in [-0.25, -0.2) is 0 Å². The summed E-state index contributed by atoms with van der Waals surface area (Å²) in [6.45, 7) is 4.08. The monoisotopic (exact) mass is 353 g/mol. The molecule has 0 aromatic rings. The fourth-order valence-electron chi connectivity index (χ4n) is 2.53. The van der Waals surface area contributed by atoms with Gasteiger partial charge in [-0.3, -0.25) is 4.79 Å². The van der Waals surface area contributed by atoms with Crippen molar-refractivity contribution in [3.05, 3.63) is 24.3 Å². The Balaban J connectivity index is 3.95. The number of allylic oxidation sites excluding steroid dienone is 3. The molecule has 0 aliphatic heterocycles. The molecule has 2 unspecified atom stereocenters. The average Bonchev–Trinajstić information content (AvgIpc) is 2.61. The van der Waals surface area contributed by atoms with E-state index < -0.39 is 12.1 Å². The van der Waals surface area contributed by atoms with Gasteiger partial charge in [0, 0.05) is 6.42 Å². The second-order valence-electron chi connectivity index (χ2n) is 6.63. The van der Waals surface area contributed by atoms with Gasteiger partial charge in [0.2, 0.25) is 5.91 Å². The zero-order valence-corrected chi connectivity index (χ0v) is 16.3. The summed E-state index contributed by atoms with van der Waals surface area (Å²) in [4.78, 5) is 11.9. The van der Waals surface area contributed by atoms with Gasteiger partial charge >= 0.3 is 0 Å². The average molecular weight is 354 g/mol. The van der Waals surface area contributed by atoms with E-state index in [0.29, 0.717) is 6.42 Å². The summed E-state index contributed by atoms with van der Waals surface area (Å²) in [5.41, 5.74) is 0. The van der Waals surface area contributed by atoms with Crippen LogP contribution in [0.1, 0.15) is 84.5 Å². The van der Waals surface area contributed by atoms with E-state index in [1.54, 1.807) is 6.08 Å². The fourth-order valence-corrected chi connectivity index (χ4v) is 2.53. The second kappa shape index (κ2) is 17.7. The van der Waals surface area contributed by atoms with E-state index in [-0.39, 0.29) is 12.5 Å². The normalized spacial score (nSPS) is 14.2. The van der Waals surface area contributed by atoms with E-state index in [9.17, 15) is 15.0 Å². The first kappa shape index (κ1) is 23.9. The molecule has 1 amide bonds. The number of unbranched alkanes of at least 4 members (excludes halogenated alkanes) is 7. The molecule has 0 fully saturated rings. The number of carbonyl (C=O) groups excluding carboxylic acids is 1. The Morgan fingerprint density at radius 2 is 1.56 bits per heavy atom. The van der Waals surface area contributed by atoms with Gasteiger partial charge in [0.1, 0.15) is 0 Å². The molecule has 0 saturated heterocycles. The lowest BCUT2D eigenvalue weighted by atomic mass is 10.1. The smallest absolute Gasteiger partial charge is 0.220 e. The van der Waals surface area contributed by atoms with Crippen molar-refractivity contribution in [2.45, 2.75) is 96.6 Å². The van der Waals surface area contributed by atoms with Crippen molar-refractivity contribution < 1.29 is 15.0 Å². The SMILES string of the molecule is CCCC/C=C/CC/C=C/C(O)C(CO)NC(=O)CCCCCCC. The molecule has 3 N–H and O–H groups in total. The summed E-state index contributed by atoms with van der Waals surface area (Å²) < 4.78 is 0. The summed E-state index contributed by atoms with van der Waals surface area (Å²) in [6, 6.07) is -0.625. The zero-order valence-electron chi connectivity index (χ0n) is 16.3. The molecule has 0 radical (unpaired) electrons. The quantitative estimate of drug-likeness (QED) is 0.287.